The Morgan fingerprint density at radius 3 is 2.56 bits per heavy atom. The molecule has 1 N–H and O–H groups in total. The van der Waals surface area contributed by atoms with Crippen molar-refractivity contribution in [2.75, 3.05) is 13.1 Å². The largest absolute Gasteiger partial charge is 0.317 e. The summed E-state index contributed by atoms with van der Waals surface area (Å²) in [5.74, 6) is 1.69. The van der Waals surface area contributed by atoms with Gasteiger partial charge in [-0.05, 0) is 43.3 Å². The number of nitrogens with one attached hydrogen (secondary N) is 1. The smallest absolute Gasteiger partial charge is 0.00432 e. The van der Waals surface area contributed by atoms with Crippen LogP contribution < -0.4 is 5.32 Å². The van der Waals surface area contributed by atoms with Crippen molar-refractivity contribution in [2.24, 2.45) is 5.92 Å². The van der Waals surface area contributed by atoms with Gasteiger partial charge in [-0.15, -0.1) is 0 Å². The maximum atomic E-state index is 3.61. The van der Waals surface area contributed by atoms with E-state index in [1.165, 1.54) is 50.6 Å². The molecule has 0 aliphatic heterocycles. The molecule has 1 saturated carbocycles. The highest BCUT2D eigenvalue weighted by Crippen LogP contribution is 2.26. The van der Waals surface area contributed by atoms with Crippen LogP contribution in [0.4, 0.5) is 0 Å². The van der Waals surface area contributed by atoms with Crippen LogP contribution >= 0.6 is 0 Å². The van der Waals surface area contributed by atoms with Crippen molar-refractivity contribution in [2.45, 2.75) is 51.4 Å². The number of hydrogen-bond acceptors (Lipinski definition) is 1. The molecule has 0 saturated heterocycles. The third-order valence-corrected chi connectivity index (χ3v) is 4.33. The Morgan fingerprint density at radius 1 is 1.11 bits per heavy atom. The van der Waals surface area contributed by atoms with E-state index in [4.69, 9.17) is 0 Å². The van der Waals surface area contributed by atoms with Crippen molar-refractivity contribution in [3.8, 4) is 0 Å². The summed E-state index contributed by atoms with van der Waals surface area (Å²) in [5.41, 5.74) is 1.47. The van der Waals surface area contributed by atoms with Crippen LogP contribution in [0.5, 0.6) is 0 Å². The predicted molar refractivity (Wildman–Crippen MR) is 78.9 cm³/mol. The molecule has 1 fully saturated rings. The van der Waals surface area contributed by atoms with Gasteiger partial charge in [0, 0.05) is 0 Å². The van der Waals surface area contributed by atoms with Gasteiger partial charge in [0.25, 0.3) is 0 Å². The quantitative estimate of drug-likeness (QED) is 0.704. The van der Waals surface area contributed by atoms with Gasteiger partial charge < -0.3 is 5.32 Å². The lowest BCUT2D eigenvalue weighted by molar-refractivity contribution is 0.470. The molecule has 1 aromatic rings. The first-order valence-electron chi connectivity index (χ1n) is 7.62. The molecule has 0 spiro atoms. The van der Waals surface area contributed by atoms with Gasteiger partial charge >= 0.3 is 0 Å². The van der Waals surface area contributed by atoms with Crippen LogP contribution in [0.1, 0.15) is 56.9 Å². The molecule has 0 aromatic heterocycles. The standard InChI is InChI=1S/C17H27N/c1-15(17-9-3-2-4-10-17)11-13-18-14-12-16-7-5-6-8-16/h2-4,9-10,15-16,18H,5-8,11-14H2,1H3. The van der Waals surface area contributed by atoms with Crippen molar-refractivity contribution in [1.29, 1.82) is 0 Å². The SMILES string of the molecule is CC(CCNCCC1CCCC1)c1ccccc1. The fourth-order valence-corrected chi connectivity index (χ4v) is 3.00. The Bertz CT molecular complexity index is 314. The molecule has 1 nitrogen and oxygen atoms in total. The summed E-state index contributed by atoms with van der Waals surface area (Å²) < 4.78 is 0. The summed E-state index contributed by atoms with van der Waals surface area (Å²) in [4.78, 5) is 0. The van der Waals surface area contributed by atoms with E-state index >= 15 is 0 Å². The van der Waals surface area contributed by atoms with Crippen LogP contribution in [0.3, 0.4) is 0 Å². The molecule has 1 unspecified atom stereocenters. The highest BCUT2D eigenvalue weighted by atomic mass is 14.8. The van der Waals surface area contributed by atoms with E-state index in [0.717, 1.165) is 12.5 Å². The topological polar surface area (TPSA) is 12.0 Å². The minimum Gasteiger partial charge on any atom is -0.317 e. The maximum absolute atomic E-state index is 3.61. The first-order chi connectivity index (χ1) is 8.86. The molecule has 1 aliphatic carbocycles. The monoisotopic (exact) mass is 245 g/mol. The van der Waals surface area contributed by atoms with Gasteiger partial charge in [-0.1, -0.05) is 62.9 Å². The number of benzene rings is 1. The first-order valence-corrected chi connectivity index (χ1v) is 7.62. The van der Waals surface area contributed by atoms with Gasteiger partial charge in [0.1, 0.15) is 0 Å². The molecule has 0 bridgehead atoms. The first kappa shape index (κ1) is 13.6. The molecule has 2 rings (SSSR count). The van der Waals surface area contributed by atoms with E-state index in [1.807, 2.05) is 0 Å². The highest BCUT2D eigenvalue weighted by molar-refractivity contribution is 5.18. The molecule has 1 atom stereocenters. The van der Waals surface area contributed by atoms with Crippen LogP contribution in [-0.2, 0) is 0 Å². The number of rotatable bonds is 7. The van der Waals surface area contributed by atoms with Gasteiger partial charge in [-0.2, -0.15) is 0 Å². The van der Waals surface area contributed by atoms with E-state index in [2.05, 4.69) is 42.6 Å². The Labute approximate surface area is 112 Å². The van der Waals surface area contributed by atoms with Crippen LogP contribution in [0, 0.1) is 5.92 Å². The second-order valence-electron chi connectivity index (χ2n) is 5.79. The van der Waals surface area contributed by atoms with E-state index < -0.39 is 0 Å². The average Bonchev–Trinajstić information content (AvgIpc) is 2.92. The lowest BCUT2D eigenvalue weighted by Crippen LogP contribution is -2.20. The lowest BCUT2D eigenvalue weighted by Gasteiger charge is -2.13. The number of hydrogen-bond donors (Lipinski definition) is 1. The second-order valence-corrected chi connectivity index (χ2v) is 5.79. The van der Waals surface area contributed by atoms with Crippen molar-refractivity contribution in [3.05, 3.63) is 35.9 Å². The van der Waals surface area contributed by atoms with Gasteiger partial charge in [0.2, 0.25) is 0 Å². The van der Waals surface area contributed by atoms with Gasteiger partial charge in [-0.3, -0.25) is 0 Å². The lowest BCUT2D eigenvalue weighted by atomic mass is 9.98. The van der Waals surface area contributed by atoms with Crippen molar-refractivity contribution in [1.82, 2.24) is 5.32 Å². The zero-order valence-corrected chi connectivity index (χ0v) is 11.7. The Kier molecular flexibility index (Phi) is 5.73. The highest BCUT2D eigenvalue weighted by Gasteiger charge is 2.13. The van der Waals surface area contributed by atoms with Crippen LogP contribution in [0.25, 0.3) is 0 Å². The Hall–Kier alpha value is -0.820. The minimum absolute atomic E-state index is 0.671. The zero-order valence-electron chi connectivity index (χ0n) is 11.7. The third kappa shape index (κ3) is 4.45. The van der Waals surface area contributed by atoms with E-state index in [1.54, 1.807) is 0 Å². The second kappa shape index (κ2) is 7.58. The summed E-state index contributed by atoms with van der Waals surface area (Å²) in [5, 5.41) is 3.61. The Balaban J connectivity index is 1.55. The summed E-state index contributed by atoms with van der Waals surface area (Å²) in [7, 11) is 0. The summed E-state index contributed by atoms with van der Waals surface area (Å²) in [6.45, 7) is 4.70. The summed E-state index contributed by atoms with van der Waals surface area (Å²) >= 11 is 0. The van der Waals surface area contributed by atoms with Gasteiger partial charge in [0.05, 0.1) is 0 Å². The molecular weight excluding hydrogens is 218 g/mol. The van der Waals surface area contributed by atoms with Gasteiger partial charge in [0.15, 0.2) is 0 Å². The predicted octanol–water partition coefficient (Wildman–Crippen LogP) is 4.35. The summed E-state index contributed by atoms with van der Waals surface area (Å²) in [6.07, 6.45) is 8.52. The fourth-order valence-electron chi connectivity index (χ4n) is 3.00. The molecule has 1 aliphatic rings. The van der Waals surface area contributed by atoms with Crippen LogP contribution in [0.15, 0.2) is 30.3 Å². The van der Waals surface area contributed by atoms with E-state index in [9.17, 15) is 0 Å². The van der Waals surface area contributed by atoms with Crippen molar-refractivity contribution >= 4 is 0 Å². The van der Waals surface area contributed by atoms with Gasteiger partial charge in [-0.25, -0.2) is 0 Å². The molecule has 0 amide bonds. The maximum Gasteiger partial charge on any atom is -0.00432 e. The fraction of sp³-hybridized carbons (Fsp3) is 0.647. The molecule has 1 aromatic carbocycles. The van der Waals surface area contributed by atoms with E-state index in [-0.39, 0.29) is 0 Å². The van der Waals surface area contributed by atoms with Crippen molar-refractivity contribution in [3.63, 3.8) is 0 Å². The summed E-state index contributed by atoms with van der Waals surface area (Å²) in [6, 6.07) is 10.8. The molecular formula is C17H27N. The molecule has 0 radical (unpaired) electrons. The van der Waals surface area contributed by atoms with Crippen LogP contribution in [0.2, 0.25) is 0 Å². The Morgan fingerprint density at radius 2 is 1.83 bits per heavy atom. The average molecular weight is 245 g/mol. The molecule has 100 valence electrons. The molecule has 0 heterocycles. The normalized spacial score (nSPS) is 18.1. The molecule has 18 heavy (non-hydrogen) atoms. The third-order valence-electron chi connectivity index (χ3n) is 4.33. The zero-order chi connectivity index (χ0) is 12.6. The van der Waals surface area contributed by atoms with E-state index in [0.29, 0.717) is 5.92 Å². The van der Waals surface area contributed by atoms with Crippen molar-refractivity contribution < 1.29 is 0 Å². The minimum atomic E-state index is 0.671. The molecule has 1 heteroatoms. The van der Waals surface area contributed by atoms with Crippen LogP contribution in [-0.4, -0.2) is 13.1 Å².